The van der Waals surface area contributed by atoms with Gasteiger partial charge in [0.2, 0.25) is 0 Å². The molecular weight excluding hydrogens is 484 g/mol. The molecule has 0 amide bonds. The number of hydrogen-bond donors (Lipinski definition) is 0. The van der Waals surface area contributed by atoms with Crippen LogP contribution in [-0.4, -0.2) is 33.1 Å². The van der Waals surface area contributed by atoms with Crippen LogP contribution < -0.4 is 14.2 Å². The molecule has 31 heavy (non-hydrogen) atoms. The fraction of sp³-hybridized carbons (Fsp3) is 0.318. The SMILES string of the molecule is CO/N=C/c1ccc(OCCCCCOc2c(Cl)cc(OCC=C(Cl)Cl)cc2Cl)cc1. The number of oxime groups is 1. The third-order valence-corrected chi connectivity index (χ3v) is 4.82. The molecule has 0 fully saturated rings. The van der Waals surface area contributed by atoms with Gasteiger partial charge in [-0.25, -0.2) is 0 Å². The van der Waals surface area contributed by atoms with Crippen molar-refractivity contribution in [3.63, 3.8) is 0 Å². The number of nitrogens with zero attached hydrogens (tertiary/aromatic N) is 1. The summed E-state index contributed by atoms with van der Waals surface area (Å²) in [7, 11) is 1.51. The summed E-state index contributed by atoms with van der Waals surface area (Å²) in [4.78, 5) is 4.65. The normalized spacial score (nSPS) is 10.7. The number of benzene rings is 2. The average Bonchev–Trinajstić information content (AvgIpc) is 2.73. The molecular formula is C22H23Cl4NO4. The molecule has 0 unspecified atom stereocenters. The second-order valence-electron chi connectivity index (χ2n) is 6.26. The Balaban J connectivity index is 1.66. The maximum Gasteiger partial charge on any atom is 0.156 e. The number of rotatable bonds is 13. The minimum atomic E-state index is 0.133. The van der Waals surface area contributed by atoms with Crippen molar-refractivity contribution in [2.45, 2.75) is 19.3 Å². The topological polar surface area (TPSA) is 49.3 Å². The first kappa shape index (κ1) is 25.5. The lowest BCUT2D eigenvalue weighted by Crippen LogP contribution is -2.02. The predicted octanol–water partition coefficient (Wildman–Crippen LogP) is 7.30. The van der Waals surface area contributed by atoms with Gasteiger partial charge in [-0.1, -0.05) is 51.6 Å². The monoisotopic (exact) mass is 505 g/mol. The molecule has 2 aromatic carbocycles. The van der Waals surface area contributed by atoms with Crippen molar-refractivity contribution in [3.05, 3.63) is 62.6 Å². The first-order chi connectivity index (χ1) is 15.0. The Labute approximate surface area is 202 Å². The van der Waals surface area contributed by atoms with E-state index in [1.807, 2.05) is 24.3 Å². The molecule has 0 N–H and O–H groups in total. The summed E-state index contributed by atoms with van der Waals surface area (Å²) < 4.78 is 17.1. The van der Waals surface area contributed by atoms with E-state index >= 15 is 0 Å². The van der Waals surface area contributed by atoms with Crippen molar-refractivity contribution in [1.29, 1.82) is 0 Å². The van der Waals surface area contributed by atoms with E-state index in [9.17, 15) is 0 Å². The van der Waals surface area contributed by atoms with Crippen LogP contribution in [0.4, 0.5) is 0 Å². The molecule has 168 valence electrons. The summed E-state index contributed by atoms with van der Waals surface area (Å²) in [6.07, 6.45) is 5.85. The van der Waals surface area contributed by atoms with Crippen LogP contribution in [0.5, 0.6) is 17.2 Å². The highest BCUT2D eigenvalue weighted by atomic mass is 35.5. The molecule has 0 aliphatic rings. The highest BCUT2D eigenvalue weighted by Gasteiger charge is 2.10. The van der Waals surface area contributed by atoms with Gasteiger partial charge in [-0.05, 0) is 55.2 Å². The second-order valence-corrected chi connectivity index (χ2v) is 8.09. The van der Waals surface area contributed by atoms with Gasteiger partial charge in [0.05, 0.1) is 29.5 Å². The third kappa shape index (κ3) is 9.92. The Morgan fingerprint density at radius 2 is 1.52 bits per heavy atom. The fourth-order valence-electron chi connectivity index (χ4n) is 2.47. The van der Waals surface area contributed by atoms with Crippen molar-refractivity contribution >= 4 is 52.6 Å². The molecule has 0 aromatic heterocycles. The summed E-state index contributed by atoms with van der Waals surface area (Å²) in [5.74, 6) is 1.76. The summed E-state index contributed by atoms with van der Waals surface area (Å²) in [6.45, 7) is 1.33. The van der Waals surface area contributed by atoms with E-state index in [-0.39, 0.29) is 11.1 Å². The largest absolute Gasteiger partial charge is 0.494 e. The Kier molecular flexibility index (Phi) is 11.8. The van der Waals surface area contributed by atoms with Gasteiger partial charge >= 0.3 is 0 Å². The van der Waals surface area contributed by atoms with Crippen LogP contribution in [0.1, 0.15) is 24.8 Å². The molecule has 5 nitrogen and oxygen atoms in total. The molecule has 9 heteroatoms. The molecule has 0 saturated heterocycles. The number of unbranched alkanes of at least 4 members (excludes halogenated alkanes) is 2. The Hall–Kier alpha value is -1.79. The Morgan fingerprint density at radius 3 is 2.13 bits per heavy atom. The Morgan fingerprint density at radius 1 is 0.871 bits per heavy atom. The van der Waals surface area contributed by atoms with Gasteiger partial charge in [-0.3, -0.25) is 0 Å². The highest BCUT2D eigenvalue weighted by molar-refractivity contribution is 6.55. The average molecular weight is 507 g/mol. The third-order valence-electron chi connectivity index (χ3n) is 3.95. The van der Waals surface area contributed by atoms with Gasteiger partial charge in [0.15, 0.2) is 5.75 Å². The van der Waals surface area contributed by atoms with Gasteiger partial charge in [0.25, 0.3) is 0 Å². The molecule has 2 rings (SSSR count). The first-order valence-electron chi connectivity index (χ1n) is 9.55. The van der Waals surface area contributed by atoms with Gasteiger partial charge in [-0.15, -0.1) is 0 Å². The van der Waals surface area contributed by atoms with E-state index in [2.05, 4.69) is 9.99 Å². The minimum Gasteiger partial charge on any atom is -0.494 e. The molecule has 0 spiro atoms. The van der Waals surface area contributed by atoms with Crippen molar-refractivity contribution in [2.75, 3.05) is 26.9 Å². The van der Waals surface area contributed by atoms with E-state index in [0.29, 0.717) is 34.8 Å². The van der Waals surface area contributed by atoms with E-state index in [1.165, 1.54) is 13.2 Å². The zero-order valence-corrected chi connectivity index (χ0v) is 20.0. The maximum absolute atomic E-state index is 6.25. The maximum atomic E-state index is 6.25. The predicted molar refractivity (Wildman–Crippen MR) is 128 cm³/mol. The molecule has 2 aromatic rings. The van der Waals surface area contributed by atoms with Crippen molar-refractivity contribution < 1.29 is 19.0 Å². The van der Waals surface area contributed by atoms with Gasteiger partial charge in [0, 0.05) is 12.1 Å². The minimum absolute atomic E-state index is 0.133. The quantitative estimate of drug-likeness (QED) is 0.162. The van der Waals surface area contributed by atoms with E-state index < -0.39 is 0 Å². The van der Waals surface area contributed by atoms with E-state index in [1.54, 1.807) is 18.3 Å². The zero-order valence-electron chi connectivity index (χ0n) is 17.0. The second kappa shape index (κ2) is 14.3. The van der Waals surface area contributed by atoms with E-state index in [0.717, 1.165) is 30.6 Å². The van der Waals surface area contributed by atoms with Crippen molar-refractivity contribution in [1.82, 2.24) is 0 Å². The summed E-state index contributed by atoms with van der Waals surface area (Å²) >= 11 is 23.6. The summed E-state index contributed by atoms with van der Waals surface area (Å²) in [6, 6.07) is 10.9. The highest BCUT2D eigenvalue weighted by Crippen LogP contribution is 2.37. The first-order valence-corrected chi connectivity index (χ1v) is 11.1. The van der Waals surface area contributed by atoms with Crippen molar-refractivity contribution in [3.8, 4) is 17.2 Å². The number of halogens is 4. The molecule has 0 aliphatic heterocycles. The molecule has 0 bridgehead atoms. The molecule has 0 atom stereocenters. The number of hydrogen-bond acceptors (Lipinski definition) is 5. The van der Waals surface area contributed by atoms with Crippen LogP contribution in [-0.2, 0) is 4.84 Å². The van der Waals surface area contributed by atoms with Crippen LogP contribution in [0.15, 0.2) is 52.1 Å². The van der Waals surface area contributed by atoms with Gasteiger partial charge in [0.1, 0.15) is 29.7 Å². The lowest BCUT2D eigenvalue weighted by atomic mass is 10.2. The summed E-state index contributed by atoms with van der Waals surface area (Å²) in [5, 5.41) is 4.48. The molecule has 0 heterocycles. The van der Waals surface area contributed by atoms with Gasteiger partial charge < -0.3 is 19.0 Å². The molecule has 0 radical (unpaired) electrons. The fourth-order valence-corrected chi connectivity index (χ4v) is 3.17. The molecule has 0 saturated carbocycles. The number of ether oxygens (including phenoxy) is 3. The van der Waals surface area contributed by atoms with Crippen LogP contribution in [0.25, 0.3) is 0 Å². The van der Waals surface area contributed by atoms with Crippen molar-refractivity contribution in [2.24, 2.45) is 5.16 Å². The smallest absolute Gasteiger partial charge is 0.156 e. The lowest BCUT2D eigenvalue weighted by Gasteiger charge is -2.12. The van der Waals surface area contributed by atoms with E-state index in [4.69, 9.17) is 60.6 Å². The zero-order chi connectivity index (χ0) is 22.5. The summed E-state index contributed by atoms with van der Waals surface area (Å²) in [5.41, 5.74) is 0.944. The van der Waals surface area contributed by atoms with Crippen LogP contribution in [0.2, 0.25) is 10.0 Å². The Bertz CT molecular complexity index is 845. The standard InChI is InChI=1S/C22H23Cl4NO4/c1-28-27-15-16-5-7-17(8-6-16)29-10-3-2-4-11-31-22-19(23)13-18(14-20(22)24)30-12-9-21(25)26/h5-9,13-15H,2-4,10-12H2,1H3/b27-15+. The van der Waals surface area contributed by atoms with Crippen LogP contribution in [0.3, 0.4) is 0 Å². The van der Waals surface area contributed by atoms with Crippen LogP contribution in [0, 0.1) is 0 Å². The van der Waals surface area contributed by atoms with Gasteiger partial charge in [-0.2, -0.15) is 0 Å². The molecule has 0 aliphatic carbocycles. The lowest BCUT2D eigenvalue weighted by molar-refractivity contribution is 0.215. The van der Waals surface area contributed by atoms with Crippen LogP contribution >= 0.6 is 46.4 Å².